The predicted octanol–water partition coefficient (Wildman–Crippen LogP) is 3.93. The van der Waals surface area contributed by atoms with Gasteiger partial charge in [0.05, 0.1) is 0 Å². The van der Waals surface area contributed by atoms with E-state index in [1.165, 1.54) is 17.2 Å². The summed E-state index contributed by atoms with van der Waals surface area (Å²) in [6.07, 6.45) is 1.98. The monoisotopic (exact) mass is 271 g/mol. The lowest BCUT2D eigenvalue weighted by atomic mass is 9.91. The van der Waals surface area contributed by atoms with Gasteiger partial charge >= 0.3 is 0 Å². The van der Waals surface area contributed by atoms with Crippen LogP contribution in [0.25, 0.3) is 0 Å². The van der Waals surface area contributed by atoms with Crippen LogP contribution in [0.3, 0.4) is 0 Å². The average Bonchev–Trinajstić information content (AvgIpc) is 2.47. The highest BCUT2D eigenvalue weighted by atomic mass is 19.1. The molecule has 0 amide bonds. The molecule has 0 aliphatic rings. The van der Waals surface area contributed by atoms with E-state index in [9.17, 15) is 4.39 Å². The number of benzene rings is 2. The van der Waals surface area contributed by atoms with Crippen LogP contribution >= 0.6 is 0 Å². The Balaban J connectivity index is 2.16. The number of hydrogen-bond donors (Lipinski definition) is 1. The summed E-state index contributed by atoms with van der Waals surface area (Å²) in [5, 5.41) is 3.21. The molecule has 1 nitrogen and oxygen atoms in total. The van der Waals surface area contributed by atoms with Gasteiger partial charge in [-0.2, -0.15) is 0 Å². The Hall–Kier alpha value is -1.67. The molecule has 0 saturated heterocycles. The Morgan fingerprint density at radius 2 is 1.75 bits per heavy atom. The SMILES string of the molecule is CCc1ccc(CC(CNC)c2cccc(F)c2)cc1. The van der Waals surface area contributed by atoms with Crippen molar-refractivity contribution in [2.45, 2.75) is 25.7 Å². The second kappa shape index (κ2) is 7.20. The van der Waals surface area contributed by atoms with Gasteiger partial charge in [-0.1, -0.05) is 43.3 Å². The van der Waals surface area contributed by atoms with Gasteiger partial charge < -0.3 is 5.32 Å². The van der Waals surface area contributed by atoms with Gasteiger partial charge in [0.1, 0.15) is 5.82 Å². The van der Waals surface area contributed by atoms with Gasteiger partial charge in [0.2, 0.25) is 0 Å². The molecule has 0 aliphatic heterocycles. The lowest BCUT2D eigenvalue weighted by Crippen LogP contribution is -2.19. The number of halogens is 1. The lowest BCUT2D eigenvalue weighted by Gasteiger charge is -2.17. The summed E-state index contributed by atoms with van der Waals surface area (Å²) in [6, 6.07) is 15.6. The Kier molecular flexibility index (Phi) is 5.31. The molecule has 0 aromatic heterocycles. The third kappa shape index (κ3) is 3.91. The van der Waals surface area contributed by atoms with E-state index >= 15 is 0 Å². The van der Waals surface area contributed by atoms with Crippen LogP contribution in [0.2, 0.25) is 0 Å². The highest BCUT2D eigenvalue weighted by molar-refractivity contribution is 5.27. The Bertz CT molecular complexity index is 533. The normalized spacial score (nSPS) is 12.3. The summed E-state index contributed by atoms with van der Waals surface area (Å²) in [4.78, 5) is 0. The van der Waals surface area contributed by atoms with Crippen molar-refractivity contribution in [3.63, 3.8) is 0 Å². The molecular weight excluding hydrogens is 249 g/mol. The van der Waals surface area contributed by atoms with Crippen molar-refractivity contribution in [3.8, 4) is 0 Å². The first-order valence-corrected chi connectivity index (χ1v) is 7.20. The van der Waals surface area contributed by atoms with E-state index in [0.717, 1.165) is 24.9 Å². The van der Waals surface area contributed by atoms with Crippen LogP contribution in [0.15, 0.2) is 48.5 Å². The van der Waals surface area contributed by atoms with Crippen LogP contribution in [-0.4, -0.2) is 13.6 Å². The number of hydrogen-bond acceptors (Lipinski definition) is 1. The van der Waals surface area contributed by atoms with E-state index in [4.69, 9.17) is 0 Å². The van der Waals surface area contributed by atoms with Gasteiger partial charge in [-0.05, 0) is 48.7 Å². The summed E-state index contributed by atoms with van der Waals surface area (Å²) in [6.45, 7) is 3.00. The van der Waals surface area contributed by atoms with Gasteiger partial charge in [-0.15, -0.1) is 0 Å². The molecule has 1 unspecified atom stereocenters. The standard InChI is InChI=1S/C18H22FN/c1-3-14-7-9-15(10-8-14)11-17(13-20-2)16-5-4-6-18(19)12-16/h4-10,12,17,20H,3,11,13H2,1-2H3. The molecule has 0 radical (unpaired) electrons. The summed E-state index contributed by atoms with van der Waals surface area (Å²) >= 11 is 0. The molecule has 20 heavy (non-hydrogen) atoms. The van der Waals surface area contributed by atoms with Crippen LogP contribution in [-0.2, 0) is 12.8 Å². The van der Waals surface area contributed by atoms with E-state index in [-0.39, 0.29) is 5.82 Å². The lowest BCUT2D eigenvalue weighted by molar-refractivity contribution is 0.600. The van der Waals surface area contributed by atoms with Crippen LogP contribution in [0, 0.1) is 5.82 Å². The summed E-state index contributed by atoms with van der Waals surface area (Å²) in [5.41, 5.74) is 3.70. The fraction of sp³-hybridized carbons (Fsp3) is 0.333. The van der Waals surface area contributed by atoms with Crippen molar-refractivity contribution < 1.29 is 4.39 Å². The van der Waals surface area contributed by atoms with Crippen LogP contribution < -0.4 is 5.32 Å². The molecule has 1 atom stereocenters. The van der Waals surface area contributed by atoms with Crippen molar-refractivity contribution in [2.75, 3.05) is 13.6 Å². The van der Waals surface area contributed by atoms with Crippen LogP contribution in [0.1, 0.15) is 29.5 Å². The molecule has 1 N–H and O–H groups in total. The van der Waals surface area contributed by atoms with Gasteiger partial charge in [-0.25, -0.2) is 4.39 Å². The topological polar surface area (TPSA) is 12.0 Å². The molecule has 106 valence electrons. The molecule has 2 heteroatoms. The maximum absolute atomic E-state index is 13.4. The largest absolute Gasteiger partial charge is 0.319 e. The smallest absolute Gasteiger partial charge is 0.123 e. The van der Waals surface area contributed by atoms with Crippen molar-refractivity contribution in [1.29, 1.82) is 0 Å². The van der Waals surface area contributed by atoms with E-state index in [1.807, 2.05) is 13.1 Å². The quantitative estimate of drug-likeness (QED) is 0.839. The van der Waals surface area contributed by atoms with Gasteiger partial charge in [0, 0.05) is 12.5 Å². The molecule has 2 aromatic rings. The number of likely N-dealkylation sites (N-methyl/N-ethyl adjacent to an activating group) is 1. The highest BCUT2D eigenvalue weighted by Crippen LogP contribution is 2.21. The Morgan fingerprint density at radius 1 is 1.05 bits per heavy atom. The van der Waals surface area contributed by atoms with Gasteiger partial charge in [0.25, 0.3) is 0 Å². The second-order valence-corrected chi connectivity index (χ2v) is 5.18. The van der Waals surface area contributed by atoms with E-state index in [0.29, 0.717) is 5.92 Å². The maximum Gasteiger partial charge on any atom is 0.123 e. The molecule has 0 fully saturated rings. The Morgan fingerprint density at radius 3 is 2.35 bits per heavy atom. The fourth-order valence-electron chi connectivity index (χ4n) is 2.51. The van der Waals surface area contributed by atoms with E-state index < -0.39 is 0 Å². The fourth-order valence-corrected chi connectivity index (χ4v) is 2.51. The Labute approximate surface area is 120 Å². The minimum Gasteiger partial charge on any atom is -0.319 e. The van der Waals surface area contributed by atoms with Crippen LogP contribution in [0.4, 0.5) is 4.39 Å². The van der Waals surface area contributed by atoms with Crippen molar-refractivity contribution in [2.24, 2.45) is 0 Å². The minimum absolute atomic E-state index is 0.162. The van der Waals surface area contributed by atoms with E-state index in [1.54, 1.807) is 12.1 Å². The molecule has 0 spiro atoms. The molecule has 0 aliphatic carbocycles. The first-order valence-electron chi connectivity index (χ1n) is 7.20. The summed E-state index contributed by atoms with van der Waals surface area (Å²) in [5.74, 6) is 0.133. The van der Waals surface area contributed by atoms with Gasteiger partial charge in [0.15, 0.2) is 0 Å². The number of rotatable bonds is 6. The number of nitrogens with one attached hydrogen (secondary N) is 1. The minimum atomic E-state index is -0.162. The third-order valence-corrected chi connectivity index (χ3v) is 3.68. The molecular formula is C18H22FN. The first-order chi connectivity index (χ1) is 9.72. The van der Waals surface area contributed by atoms with Crippen molar-refractivity contribution >= 4 is 0 Å². The van der Waals surface area contributed by atoms with Crippen LogP contribution in [0.5, 0.6) is 0 Å². The summed E-state index contributed by atoms with van der Waals surface area (Å²) in [7, 11) is 1.94. The maximum atomic E-state index is 13.4. The first kappa shape index (κ1) is 14.7. The zero-order valence-electron chi connectivity index (χ0n) is 12.2. The van der Waals surface area contributed by atoms with Gasteiger partial charge in [-0.3, -0.25) is 0 Å². The van der Waals surface area contributed by atoms with E-state index in [2.05, 4.69) is 36.5 Å². The zero-order valence-corrected chi connectivity index (χ0v) is 12.2. The molecule has 0 saturated carbocycles. The summed E-state index contributed by atoms with van der Waals surface area (Å²) < 4.78 is 13.4. The average molecular weight is 271 g/mol. The number of aryl methyl sites for hydroxylation is 1. The third-order valence-electron chi connectivity index (χ3n) is 3.68. The molecule has 0 bridgehead atoms. The zero-order chi connectivity index (χ0) is 14.4. The van der Waals surface area contributed by atoms with Crippen molar-refractivity contribution in [1.82, 2.24) is 5.32 Å². The predicted molar refractivity (Wildman–Crippen MR) is 82.6 cm³/mol. The highest BCUT2D eigenvalue weighted by Gasteiger charge is 2.12. The molecule has 2 rings (SSSR count). The molecule has 0 heterocycles. The molecule has 2 aromatic carbocycles. The van der Waals surface area contributed by atoms with Crippen molar-refractivity contribution in [3.05, 3.63) is 71.0 Å². The second-order valence-electron chi connectivity index (χ2n) is 5.18.